The summed E-state index contributed by atoms with van der Waals surface area (Å²) in [6.07, 6.45) is 0. The van der Waals surface area contributed by atoms with Crippen molar-refractivity contribution < 1.29 is 14.3 Å². The van der Waals surface area contributed by atoms with Gasteiger partial charge in [0.15, 0.2) is 5.16 Å². The summed E-state index contributed by atoms with van der Waals surface area (Å²) in [5.41, 5.74) is 5.80. The summed E-state index contributed by atoms with van der Waals surface area (Å²) in [5.74, 6) is -1.74. The first-order valence-electron chi connectivity index (χ1n) is 5.00. The predicted molar refractivity (Wildman–Crippen MR) is 71.8 cm³/mol. The molecule has 2 aromatic rings. The normalized spacial score (nSPS) is 10.6. The molecule has 0 saturated carbocycles. The summed E-state index contributed by atoms with van der Waals surface area (Å²) < 4.78 is 15.7. The van der Waals surface area contributed by atoms with Crippen LogP contribution in [0.3, 0.4) is 0 Å². The molecular formula is C10H8BrFN4O2S. The second-order valence-corrected chi connectivity index (χ2v) is 5.31. The third-order valence-electron chi connectivity index (χ3n) is 2.13. The van der Waals surface area contributed by atoms with Gasteiger partial charge in [-0.05, 0) is 18.2 Å². The van der Waals surface area contributed by atoms with Crippen molar-refractivity contribution in [3.63, 3.8) is 0 Å². The Hall–Kier alpha value is -1.61. The number of aliphatic carboxylic acids is 1. The first-order valence-corrected chi connectivity index (χ1v) is 6.78. The number of nitrogens with zero attached hydrogens (tertiary/aromatic N) is 3. The Bertz CT molecular complexity index is 634. The van der Waals surface area contributed by atoms with Crippen LogP contribution in [0.1, 0.15) is 0 Å². The van der Waals surface area contributed by atoms with Crippen LogP contribution in [-0.2, 0) is 4.79 Å². The van der Waals surface area contributed by atoms with Crippen LogP contribution >= 0.6 is 27.7 Å². The number of rotatable bonds is 4. The largest absolute Gasteiger partial charge is 0.481 e. The first-order chi connectivity index (χ1) is 8.99. The standard InChI is InChI=1S/C10H8BrFN4O2S/c11-5-1-2-7(6(12)3-5)16-9(13)14-15-10(16)19-4-8(17)18/h1-3H,4H2,(H2,13,14)(H,17,18). The van der Waals surface area contributed by atoms with Gasteiger partial charge in [-0.3, -0.25) is 9.36 Å². The molecule has 0 aliphatic carbocycles. The lowest BCUT2D eigenvalue weighted by Gasteiger charge is -2.08. The molecule has 0 fully saturated rings. The van der Waals surface area contributed by atoms with Gasteiger partial charge in [0.05, 0.1) is 11.4 Å². The number of thioether (sulfide) groups is 1. The van der Waals surface area contributed by atoms with Gasteiger partial charge in [0.25, 0.3) is 0 Å². The SMILES string of the molecule is Nc1nnc(SCC(=O)O)n1-c1ccc(Br)cc1F. The quantitative estimate of drug-likeness (QED) is 0.821. The molecule has 0 radical (unpaired) electrons. The minimum atomic E-state index is -1.01. The molecule has 1 heterocycles. The molecule has 6 nitrogen and oxygen atoms in total. The molecule has 0 unspecified atom stereocenters. The molecule has 0 aliphatic rings. The van der Waals surface area contributed by atoms with Crippen molar-refractivity contribution in [3.8, 4) is 5.69 Å². The minimum absolute atomic E-state index is 0.00545. The van der Waals surface area contributed by atoms with Crippen LogP contribution in [0.2, 0.25) is 0 Å². The first kappa shape index (κ1) is 13.8. The van der Waals surface area contributed by atoms with E-state index in [9.17, 15) is 9.18 Å². The zero-order valence-electron chi connectivity index (χ0n) is 9.38. The molecule has 2 rings (SSSR count). The van der Waals surface area contributed by atoms with Crippen LogP contribution < -0.4 is 5.73 Å². The number of hydrogen-bond donors (Lipinski definition) is 2. The highest BCUT2D eigenvalue weighted by atomic mass is 79.9. The van der Waals surface area contributed by atoms with Crippen LogP contribution in [0, 0.1) is 5.82 Å². The lowest BCUT2D eigenvalue weighted by Crippen LogP contribution is -2.06. The molecule has 0 amide bonds. The van der Waals surface area contributed by atoms with Crippen molar-refractivity contribution in [1.29, 1.82) is 0 Å². The summed E-state index contributed by atoms with van der Waals surface area (Å²) in [4.78, 5) is 10.5. The van der Waals surface area contributed by atoms with Gasteiger partial charge in [-0.1, -0.05) is 27.7 Å². The Labute approximate surface area is 119 Å². The molecule has 0 atom stereocenters. The molecule has 0 bridgehead atoms. The predicted octanol–water partition coefficient (Wildman–Crippen LogP) is 1.93. The number of halogens is 2. The van der Waals surface area contributed by atoms with Gasteiger partial charge < -0.3 is 10.8 Å². The monoisotopic (exact) mass is 346 g/mol. The highest BCUT2D eigenvalue weighted by Gasteiger charge is 2.16. The number of carbonyl (C=O) groups is 1. The van der Waals surface area contributed by atoms with Gasteiger partial charge in [0, 0.05) is 4.47 Å². The Kier molecular flexibility index (Phi) is 4.05. The van der Waals surface area contributed by atoms with Crippen molar-refractivity contribution in [2.24, 2.45) is 0 Å². The Morgan fingerprint density at radius 2 is 2.26 bits per heavy atom. The van der Waals surface area contributed by atoms with Gasteiger partial charge >= 0.3 is 5.97 Å². The van der Waals surface area contributed by atoms with Gasteiger partial charge in [-0.2, -0.15) is 0 Å². The van der Waals surface area contributed by atoms with Crippen LogP contribution in [0.4, 0.5) is 10.3 Å². The lowest BCUT2D eigenvalue weighted by molar-refractivity contribution is -0.133. The van der Waals surface area contributed by atoms with Crippen molar-refractivity contribution in [1.82, 2.24) is 14.8 Å². The summed E-state index contributed by atoms with van der Waals surface area (Å²) in [5, 5.41) is 16.2. The van der Waals surface area contributed by atoms with Gasteiger partial charge in [0.1, 0.15) is 5.82 Å². The number of nitrogens with two attached hydrogens (primary N) is 1. The summed E-state index contributed by atoms with van der Waals surface area (Å²) in [6, 6.07) is 4.42. The van der Waals surface area contributed by atoms with Gasteiger partial charge in [0.2, 0.25) is 5.95 Å². The highest BCUT2D eigenvalue weighted by molar-refractivity contribution is 9.10. The van der Waals surface area contributed by atoms with Gasteiger partial charge in [-0.15, -0.1) is 10.2 Å². The summed E-state index contributed by atoms with van der Waals surface area (Å²) >= 11 is 4.07. The van der Waals surface area contributed by atoms with E-state index in [1.54, 1.807) is 6.07 Å². The number of aromatic nitrogens is 3. The van der Waals surface area contributed by atoms with E-state index in [0.717, 1.165) is 11.8 Å². The molecule has 19 heavy (non-hydrogen) atoms. The van der Waals surface area contributed by atoms with E-state index in [4.69, 9.17) is 10.8 Å². The summed E-state index contributed by atoms with van der Waals surface area (Å²) in [6.45, 7) is 0. The third kappa shape index (κ3) is 3.04. The molecule has 0 saturated heterocycles. The minimum Gasteiger partial charge on any atom is -0.481 e. The van der Waals surface area contributed by atoms with Gasteiger partial charge in [-0.25, -0.2) is 4.39 Å². The third-order valence-corrected chi connectivity index (χ3v) is 3.54. The van der Waals surface area contributed by atoms with E-state index >= 15 is 0 Å². The average Bonchev–Trinajstić information content (AvgIpc) is 2.68. The molecule has 1 aromatic heterocycles. The summed E-state index contributed by atoms with van der Waals surface area (Å²) in [7, 11) is 0. The second kappa shape index (κ2) is 5.57. The average molecular weight is 347 g/mol. The van der Waals surface area contributed by atoms with E-state index < -0.39 is 11.8 Å². The van der Waals surface area contributed by atoms with E-state index in [1.807, 2.05) is 0 Å². The van der Waals surface area contributed by atoms with Crippen molar-refractivity contribution in [2.75, 3.05) is 11.5 Å². The van der Waals surface area contributed by atoms with Crippen molar-refractivity contribution in [2.45, 2.75) is 5.16 Å². The van der Waals surface area contributed by atoms with Crippen molar-refractivity contribution in [3.05, 3.63) is 28.5 Å². The second-order valence-electron chi connectivity index (χ2n) is 3.45. The van der Waals surface area contributed by atoms with Crippen LogP contribution in [0.25, 0.3) is 5.69 Å². The number of nitrogen functional groups attached to an aromatic ring is 1. The molecular weight excluding hydrogens is 339 g/mol. The number of benzene rings is 1. The smallest absolute Gasteiger partial charge is 0.313 e. The molecule has 9 heteroatoms. The topological polar surface area (TPSA) is 94.0 Å². The Morgan fingerprint density at radius 1 is 1.53 bits per heavy atom. The van der Waals surface area contributed by atoms with Crippen LogP contribution in [0.5, 0.6) is 0 Å². The lowest BCUT2D eigenvalue weighted by atomic mass is 10.3. The zero-order chi connectivity index (χ0) is 14.0. The van der Waals surface area contributed by atoms with Crippen LogP contribution in [-0.4, -0.2) is 31.6 Å². The number of hydrogen-bond acceptors (Lipinski definition) is 5. The fraction of sp³-hybridized carbons (Fsp3) is 0.100. The number of carboxylic acids is 1. The molecule has 3 N–H and O–H groups in total. The van der Waals surface area contributed by atoms with E-state index in [0.29, 0.717) is 4.47 Å². The maximum atomic E-state index is 13.9. The fourth-order valence-corrected chi connectivity index (χ4v) is 2.40. The van der Waals surface area contributed by atoms with E-state index in [2.05, 4.69) is 26.1 Å². The molecule has 0 aliphatic heterocycles. The van der Waals surface area contributed by atoms with Crippen LogP contribution in [0.15, 0.2) is 27.8 Å². The number of carboxylic acid groups (broad SMARTS) is 1. The number of anilines is 1. The van der Waals surface area contributed by atoms with E-state index in [-0.39, 0.29) is 22.5 Å². The highest BCUT2D eigenvalue weighted by Crippen LogP contribution is 2.26. The Balaban J connectivity index is 2.43. The maximum absolute atomic E-state index is 13.9. The fourth-order valence-electron chi connectivity index (χ4n) is 1.39. The zero-order valence-corrected chi connectivity index (χ0v) is 11.8. The van der Waals surface area contributed by atoms with E-state index in [1.165, 1.54) is 16.7 Å². The molecule has 100 valence electrons. The maximum Gasteiger partial charge on any atom is 0.313 e. The Morgan fingerprint density at radius 3 is 2.89 bits per heavy atom. The molecule has 0 spiro atoms. The molecule has 1 aromatic carbocycles. The van der Waals surface area contributed by atoms with Crippen molar-refractivity contribution >= 4 is 39.6 Å².